The van der Waals surface area contributed by atoms with Crippen LogP contribution in [0.5, 0.6) is 0 Å². The Kier molecular flexibility index (Phi) is 5.69. The molecule has 0 aromatic heterocycles. The number of hydrogen-bond acceptors (Lipinski definition) is 3. The lowest BCUT2D eigenvalue weighted by Crippen LogP contribution is -2.43. The van der Waals surface area contributed by atoms with Crippen LogP contribution >= 0.6 is 0 Å². The third-order valence-electron chi connectivity index (χ3n) is 3.06. The second kappa shape index (κ2) is 5.82. The van der Waals surface area contributed by atoms with Crippen molar-refractivity contribution in [2.24, 2.45) is 0 Å². The van der Waals surface area contributed by atoms with Crippen LogP contribution in [0.3, 0.4) is 0 Å². The van der Waals surface area contributed by atoms with E-state index in [0.717, 1.165) is 0 Å². The molecule has 0 unspecified atom stereocenters. The molecule has 0 saturated heterocycles. The molecule has 4 heteroatoms. The van der Waals surface area contributed by atoms with Crippen molar-refractivity contribution in [2.75, 3.05) is 6.61 Å². The van der Waals surface area contributed by atoms with Gasteiger partial charge in [-0.15, -0.1) is 0 Å². The van der Waals surface area contributed by atoms with Crippen LogP contribution in [0.4, 0.5) is 0 Å². The second-order valence-electron chi connectivity index (χ2n) is 5.70. The maximum absolute atomic E-state index is 11.3. The highest BCUT2D eigenvalue weighted by Gasteiger charge is 2.38. The zero-order valence-electron chi connectivity index (χ0n) is 11.7. The standard InChI is InChI=1S/C12H26O3Si/c1-8-14-11(13)9-10(2)15-16(6,7)12(3,4)5/h10H,8-9H2,1-7H3/t10-/m0/s1. The van der Waals surface area contributed by atoms with Gasteiger partial charge in [-0.25, -0.2) is 0 Å². The first-order valence-electron chi connectivity index (χ1n) is 5.93. The third-order valence-corrected chi connectivity index (χ3v) is 7.67. The maximum atomic E-state index is 11.3. The SMILES string of the molecule is CCOC(=O)C[C@H](C)O[Si](C)(C)C(C)(C)C. The van der Waals surface area contributed by atoms with Crippen molar-refractivity contribution in [3.05, 3.63) is 0 Å². The van der Waals surface area contributed by atoms with Gasteiger partial charge < -0.3 is 9.16 Å². The number of ether oxygens (including phenoxy) is 1. The van der Waals surface area contributed by atoms with Gasteiger partial charge in [0, 0.05) is 0 Å². The van der Waals surface area contributed by atoms with Gasteiger partial charge in [-0.3, -0.25) is 4.79 Å². The number of carbonyl (C=O) groups is 1. The molecule has 0 heterocycles. The predicted octanol–water partition coefficient (Wildman–Crippen LogP) is 3.35. The van der Waals surface area contributed by atoms with Gasteiger partial charge in [0.25, 0.3) is 0 Å². The lowest BCUT2D eigenvalue weighted by Gasteiger charge is -2.38. The van der Waals surface area contributed by atoms with E-state index >= 15 is 0 Å². The summed E-state index contributed by atoms with van der Waals surface area (Å²) in [5.74, 6) is -0.172. The average Bonchev–Trinajstić information content (AvgIpc) is 1.99. The minimum absolute atomic E-state index is 0.0556. The molecule has 0 aliphatic rings. The van der Waals surface area contributed by atoms with Crippen LogP contribution in [0.1, 0.15) is 41.0 Å². The van der Waals surface area contributed by atoms with Gasteiger partial charge in [-0.1, -0.05) is 20.8 Å². The van der Waals surface area contributed by atoms with Crippen LogP contribution in [0.15, 0.2) is 0 Å². The monoisotopic (exact) mass is 246 g/mol. The summed E-state index contributed by atoms with van der Waals surface area (Å²) < 4.78 is 11.0. The second-order valence-corrected chi connectivity index (χ2v) is 10.5. The van der Waals surface area contributed by atoms with Gasteiger partial charge in [0.1, 0.15) is 0 Å². The van der Waals surface area contributed by atoms with Crippen LogP contribution in [0, 0.1) is 0 Å². The molecule has 96 valence electrons. The van der Waals surface area contributed by atoms with Crippen LogP contribution in [0.2, 0.25) is 18.1 Å². The van der Waals surface area contributed by atoms with Crippen molar-refractivity contribution in [3.63, 3.8) is 0 Å². The highest BCUT2D eigenvalue weighted by Crippen LogP contribution is 2.37. The van der Waals surface area contributed by atoms with Gasteiger partial charge in [0.15, 0.2) is 8.32 Å². The zero-order valence-corrected chi connectivity index (χ0v) is 12.7. The summed E-state index contributed by atoms with van der Waals surface area (Å²) in [7, 11) is -1.77. The highest BCUT2D eigenvalue weighted by molar-refractivity contribution is 6.74. The summed E-state index contributed by atoms with van der Waals surface area (Å²) in [5.41, 5.74) is 0. The Morgan fingerprint density at radius 3 is 2.19 bits per heavy atom. The van der Waals surface area contributed by atoms with Gasteiger partial charge in [-0.2, -0.15) is 0 Å². The third kappa shape index (κ3) is 5.12. The summed E-state index contributed by atoms with van der Waals surface area (Å²) in [6.45, 7) is 15.1. The summed E-state index contributed by atoms with van der Waals surface area (Å²) in [6, 6.07) is 0. The van der Waals surface area contributed by atoms with Crippen molar-refractivity contribution in [1.29, 1.82) is 0 Å². The van der Waals surface area contributed by atoms with Gasteiger partial charge >= 0.3 is 5.97 Å². The molecule has 0 N–H and O–H groups in total. The number of hydrogen-bond donors (Lipinski definition) is 0. The first-order valence-corrected chi connectivity index (χ1v) is 8.84. The van der Waals surface area contributed by atoms with E-state index in [9.17, 15) is 4.79 Å². The Morgan fingerprint density at radius 2 is 1.81 bits per heavy atom. The van der Waals surface area contributed by atoms with Crippen molar-refractivity contribution in [3.8, 4) is 0 Å². The molecule has 0 saturated carbocycles. The van der Waals surface area contributed by atoms with Gasteiger partial charge in [-0.05, 0) is 32.0 Å². The quantitative estimate of drug-likeness (QED) is 0.551. The molecule has 0 bridgehead atoms. The molecule has 0 amide bonds. The highest BCUT2D eigenvalue weighted by atomic mass is 28.4. The molecule has 0 radical (unpaired) electrons. The summed E-state index contributed by atoms with van der Waals surface area (Å²) in [6.07, 6.45) is 0.292. The van der Waals surface area contributed by atoms with Crippen LogP contribution in [0.25, 0.3) is 0 Å². The Balaban J connectivity index is 4.24. The molecule has 16 heavy (non-hydrogen) atoms. The van der Waals surface area contributed by atoms with Crippen LogP contribution in [-0.2, 0) is 14.0 Å². The number of esters is 1. The van der Waals surface area contributed by atoms with Crippen LogP contribution in [-0.4, -0.2) is 27.0 Å². The van der Waals surface area contributed by atoms with E-state index in [0.29, 0.717) is 13.0 Å². The van der Waals surface area contributed by atoms with E-state index < -0.39 is 8.32 Å². The normalized spacial score (nSPS) is 14.7. The van der Waals surface area contributed by atoms with E-state index in [2.05, 4.69) is 33.9 Å². The molecule has 0 rings (SSSR count). The zero-order chi connectivity index (χ0) is 13.0. The Labute approximate surface area is 101 Å². The summed E-state index contributed by atoms with van der Waals surface area (Å²) in [4.78, 5) is 11.3. The average molecular weight is 246 g/mol. The fraction of sp³-hybridized carbons (Fsp3) is 0.917. The molecular formula is C12H26O3Si. The fourth-order valence-corrected chi connectivity index (χ4v) is 2.62. The van der Waals surface area contributed by atoms with E-state index in [1.54, 1.807) is 0 Å². The van der Waals surface area contributed by atoms with Crippen molar-refractivity contribution >= 4 is 14.3 Å². The lowest BCUT2D eigenvalue weighted by molar-refractivity contribution is -0.144. The van der Waals surface area contributed by atoms with Gasteiger partial charge in [0.05, 0.1) is 19.1 Å². The number of rotatable bonds is 5. The molecule has 0 aromatic rings. The molecule has 3 nitrogen and oxygen atoms in total. The Morgan fingerprint density at radius 1 is 1.31 bits per heavy atom. The number of carbonyl (C=O) groups excluding carboxylic acids is 1. The minimum Gasteiger partial charge on any atom is -0.466 e. The summed E-state index contributed by atoms with van der Waals surface area (Å²) >= 11 is 0. The smallest absolute Gasteiger partial charge is 0.308 e. The Bertz CT molecular complexity index is 231. The lowest BCUT2D eigenvalue weighted by atomic mass is 10.2. The van der Waals surface area contributed by atoms with E-state index in [1.165, 1.54) is 0 Å². The van der Waals surface area contributed by atoms with E-state index in [4.69, 9.17) is 9.16 Å². The molecule has 0 fully saturated rings. The first kappa shape index (κ1) is 15.6. The molecule has 0 spiro atoms. The van der Waals surface area contributed by atoms with Crippen molar-refractivity contribution in [2.45, 2.75) is 65.3 Å². The van der Waals surface area contributed by atoms with Crippen molar-refractivity contribution in [1.82, 2.24) is 0 Å². The molecule has 1 atom stereocenters. The van der Waals surface area contributed by atoms with E-state index in [-0.39, 0.29) is 17.1 Å². The summed E-state index contributed by atoms with van der Waals surface area (Å²) in [5, 5.41) is 0.177. The molecule has 0 aromatic carbocycles. The largest absolute Gasteiger partial charge is 0.466 e. The van der Waals surface area contributed by atoms with Crippen LogP contribution < -0.4 is 0 Å². The maximum Gasteiger partial charge on any atom is 0.308 e. The van der Waals surface area contributed by atoms with Gasteiger partial charge in [0.2, 0.25) is 0 Å². The molecule has 0 aliphatic heterocycles. The first-order chi connectivity index (χ1) is 7.10. The molecular weight excluding hydrogens is 220 g/mol. The predicted molar refractivity (Wildman–Crippen MR) is 69.0 cm³/mol. The topological polar surface area (TPSA) is 35.5 Å². The fourth-order valence-electron chi connectivity index (χ4n) is 1.18. The minimum atomic E-state index is -1.77. The van der Waals surface area contributed by atoms with Crippen molar-refractivity contribution < 1.29 is 14.0 Å². The van der Waals surface area contributed by atoms with E-state index in [1.807, 2.05) is 13.8 Å². The Hall–Kier alpha value is -0.353. The molecule has 0 aliphatic carbocycles.